The molecule has 2 nitrogen and oxygen atoms in total. The summed E-state index contributed by atoms with van der Waals surface area (Å²) in [6.45, 7) is 1.89. The van der Waals surface area contributed by atoms with E-state index in [1.54, 1.807) is 11.3 Å². The fourth-order valence-corrected chi connectivity index (χ4v) is 3.66. The van der Waals surface area contributed by atoms with E-state index in [4.69, 9.17) is 0 Å². The average molecular weight is 300 g/mol. The number of nitrogens with one attached hydrogen (secondary N) is 1. The summed E-state index contributed by atoms with van der Waals surface area (Å²) < 4.78 is 0. The number of hydrogen-bond donors (Lipinski definition) is 1. The molecule has 0 saturated heterocycles. The van der Waals surface area contributed by atoms with Crippen molar-refractivity contribution in [2.75, 3.05) is 6.54 Å². The SMILES string of the molecule is c1ccc(CCNCc2cc(-c3cccs3)cs2)nc1. The second-order valence-corrected chi connectivity index (χ2v) is 6.47. The summed E-state index contributed by atoms with van der Waals surface area (Å²) in [5.41, 5.74) is 2.48. The Morgan fingerprint density at radius 1 is 1.10 bits per heavy atom. The highest BCUT2D eigenvalue weighted by Gasteiger charge is 2.03. The highest BCUT2D eigenvalue weighted by Crippen LogP contribution is 2.29. The number of hydrogen-bond acceptors (Lipinski definition) is 4. The third-order valence-corrected chi connectivity index (χ3v) is 4.90. The fraction of sp³-hybridized carbons (Fsp3) is 0.188. The molecule has 4 heteroatoms. The van der Waals surface area contributed by atoms with Gasteiger partial charge in [-0.2, -0.15) is 0 Å². The second-order valence-electron chi connectivity index (χ2n) is 4.53. The van der Waals surface area contributed by atoms with Crippen molar-refractivity contribution in [3.63, 3.8) is 0 Å². The molecular formula is C16H16N2S2. The van der Waals surface area contributed by atoms with E-state index >= 15 is 0 Å². The van der Waals surface area contributed by atoms with Crippen molar-refractivity contribution >= 4 is 22.7 Å². The Morgan fingerprint density at radius 3 is 2.90 bits per heavy atom. The van der Waals surface area contributed by atoms with Gasteiger partial charge in [0, 0.05) is 46.7 Å². The Morgan fingerprint density at radius 2 is 2.10 bits per heavy atom. The Kier molecular flexibility index (Phi) is 4.58. The van der Waals surface area contributed by atoms with Gasteiger partial charge in [0.15, 0.2) is 0 Å². The minimum Gasteiger partial charge on any atom is -0.311 e. The van der Waals surface area contributed by atoms with Crippen LogP contribution < -0.4 is 5.32 Å². The lowest BCUT2D eigenvalue weighted by molar-refractivity contribution is 0.686. The van der Waals surface area contributed by atoms with Crippen molar-refractivity contribution in [3.8, 4) is 10.4 Å². The zero-order valence-corrected chi connectivity index (χ0v) is 12.7. The van der Waals surface area contributed by atoms with Crippen LogP contribution in [-0.4, -0.2) is 11.5 Å². The van der Waals surface area contributed by atoms with Crippen LogP contribution in [0.15, 0.2) is 53.4 Å². The van der Waals surface area contributed by atoms with Crippen molar-refractivity contribution in [1.29, 1.82) is 0 Å². The zero-order valence-electron chi connectivity index (χ0n) is 11.1. The van der Waals surface area contributed by atoms with Gasteiger partial charge in [-0.15, -0.1) is 22.7 Å². The molecule has 0 atom stereocenters. The van der Waals surface area contributed by atoms with E-state index in [9.17, 15) is 0 Å². The first-order valence-corrected chi connectivity index (χ1v) is 8.40. The number of rotatable bonds is 6. The molecule has 0 aliphatic heterocycles. The van der Waals surface area contributed by atoms with Crippen LogP contribution in [0.2, 0.25) is 0 Å². The van der Waals surface area contributed by atoms with Crippen LogP contribution in [0.1, 0.15) is 10.6 Å². The normalized spacial score (nSPS) is 10.8. The summed E-state index contributed by atoms with van der Waals surface area (Å²) >= 11 is 3.62. The van der Waals surface area contributed by atoms with Crippen LogP contribution in [0.3, 0.4) is 0 Å². The summed E-state index contributed by atoms with van der Waals surface area (Å²) in [5.74, 6) is 0. The van der Waals surface area contributed by atoms with E-state index in [-0.39, 0.29) is 0 Å². The van der Waals surface area contributed by atoms with E-state index in [0.29, 0.717) is 0 Å². The molecule has 0 unspecified atom stereocenters. The summed E-state index contributed by atoms with van der Waals surface area (Å²) in [4.78, 5) is 7.06. The molecule has 0 amide bonds. The van der Waals surface area contributed by atoms with Crippen LogP contribution in [0.4, 0.5) is 0 Å². The van der Waals surface area contributed by atoms with Gasteiger partial charge in [-0.05, 0) is 35.0 Å². The predicted molar refractivity (Wildman–Crippen MR) is 87.3 cm³/mol. The van der Waals surface area contributed by atoms with Gasteiger partial charge in [-0.25, -0.2) is 0 Å². The van der Waals surface area contributed by atoms with Crippen LogP contribution in [0.25, 0.3) is 10.4 Å². The van der Waals surface area contributed by atoms with E-state index < -0.39 is 0 Å². The monoisotopic (exact) mass is 300 g/mol. The first-order chi connectivity index (χ1) is 9.92. The van der Waals surface area contributed by atoms with Gasteiger partial charge in [0.05, 0.1) is 0 Å². The largest absolute Gasteiger partial charge is 0.311 e. The molecule has 3 rings (SSSR count). The smallest absolute Gasteiger partial charge is 0.0416 e. The van der Waals surface area contributed by atoms with E-state index in [2.05, 4.69) is 45.3 Å². The molecule has 0 bridgehead atoms. The quantitative estimate of drug-likeness (QED) is 0.690. The summed E-state index contributed by atoms with van der Waals surface area (Å²) in [5, 5.41) is 7.84. The van der Waals surface area contributed by atoms with Gasteiger partial charge < -0.3 is 5.32 Å². The lowest BCUT2D eigenvalue weighted by Gasteiger charge is -2.02. The molecule has 102 valence electrons. The molecular weight excluding hydrogens is 284 g/mol. The zero-order chi connectivity index (χ0) is 13.6. The van der Waals surface area contributed by atoms with E-state index in [0.717, 1.165) is 25.2 Å². The Labute approximate surface area is 127 Å². The topological polar surface area (TPSA) is 24.9 Å². The Balaban J connectivity index is 1.47. The van der Waals surface area contributed by atoms with Gasteiger partial charge in [-0.1, -0.05) is 12.1 Å². The van der Waals surface area contributed by atoms with Gasteiger partial charge in [0.2, 0.25) is 0 Å². The number of nitrogens with zero attached hydrogens (tertiary/aromatic N) is 1. The molecule has 0 fully saturated rings. The number of aromatic nitrogens is 1. The Bertz CT molecular complexity index is 630. The number of pyridine rings is 1. The fourth-order valence-electron chi connectivity index (χ4n) is 2.02. The minimum atomic E-state index is 0.933. The average Bonchev–Trinajstić information content (AvgIpc) is 3.15. The summed E-state index contributed by atoms with van der Waals surface area (Å²) in [6.07, 6.45) is 2.83. The lowest BCUT2D eigenvalue weighted by atomic mass is 10.2. The predicted octanol–water partition coefficient (Wildman–Crippen LogP) is 4.20. The van der Waals surface area contributed by atoms with Gasteiger partial charge in [0.25, 0.3) is 0 Å². The van der Waals surface area contributed by atoms with Gasteiger partial charge >= 0.3 is 0 Å². The second kappa shape index (κ2) is 6.79. The van der Waals surface area contributed by atoms with Gasteiger partial charge in [-0.3, -0.25) is 4.98 Å². The molecule has 20 heavy (non-hydrogen) atoms. The minimum absolute atomic E-state index is 0.933. The standard InChI is InChI=1S/C16H16N2S2/c1-2-7-18-14(4-1)6-8-17-11-15-10-13(12-20-15)16-5-3-9-19-16/h1-5,7,9-10,12,17H,6,8,11H2. The lowest BCUT2D eigenvalue weighted by Crippen LogP contribution is -2.16. The van der Waals surface area contributed by atoms with Crippen molar-refractivity contribution in [3.05, 3.63) is 63.9 Å². The third-order valence-electron chi connectivity index (χ3n) is 3.04. The van der Waals surface area contributed by atoms with Gasteiger partial charge in [0.1, 0.15) is 0 Å². The van der Waals surface area contributed by atoms with Crippen molar-refractivity contribution in [2.45, 2.75) is 13.0 Å². The first kappa shape index (κ1) is 13.5. The maximum atomic E-state index is 4.33. The van der Waals surface area contributed by atoms with Crippen LogP contribution >= 0.6 is 22.7 Å². The molecule has 3 heterocycles. The highest BCUT2D eigenvalue weighted by molar-refractivity contribution is 7.14. The van der Waals surface area contributed by atoms with Crippen molar-refractivity contribution in [2.24, 2.45) is 0 Å². The molecule has 0 aliphatic carbocycles. The van der Waals surface area contributed by atoms with Crippen LogP contribution in [0.5, 0.6) is 0 Å². The maximum Gasteiger partial charge on any atom is 0.0416 e. The molecule has 0 aliphatic rings. The van der Waals surface area contributed by atoms with Crippen LogP contribution in [-0.2, 0) is 13.0 Å². The summed E-state index contributed by atoms with van der Waals surface area (Å²) in [6, 6.07) is 12.6. The Hall–Kier alpha value is -1.49. The molecule has 0 aromatic carbocycles. The first-order valence-electron chi connectivity index (χ1n) is 6.64. The molecule has 3 aromatic heterocycles. The van der Waals surface area contributed by atoms with E-state index in [1.807, 2.05) is 29.7 Å². The third kappa shape index (κ3) is 3.54. The molecule has 0 saturated carbocycles. The molecule has 3 aromatic rings. The summed E-state index contributed by atoms with van der Waals surface area (Å²) in [7, 11) is 0. The van der Waals surface area contributed by atoms with Crippen LogP contribution in [0, 0.1) is 0 Å². The van der Waals surface area contributed by atoms with Crippen molar-refractivity contribution in [1.82, 2.24) is 10.3 Å². The molecule has 1 N–H and O–H groups in total. The molecule has 0 spiro atoms. The molecule has 0 radical (unpaired) electrons. The van der Waals surface area contributed by atoms with E-state index in [1.165, 1.54) is 15.3 Å². The maximum absolute atomic E-state index is 4.33. The number of thiophene rings is 2. The van der Waals surface area contributed by atoms with Crippen molar-refractivity contribution < 1.29 is 0 Å². The highest BCUT2D eigenvalue weighted by atomic mass is 32.1.